The van der Waals surface area contributed by atoms with E-state index < -0.39 is 12.5 Å². The van der Waals surface area contributed by atoms with E-state index in [1.54, 1.807) is 13.8 Å². The standard InChI is InChI=1S/C11H22NO4PS/c1-6-10(4)18-17(5,15)12(8-13)7-11(14)16-9(2)3/h8-10H,6-7H2,1-5H3. The predicted molar refractivity (Wildman–Crippen MR) is 74.9 cm³/mol. The van der Waals surface area contributed by atoms with Gasteiger partial charge in [-0.05, 0) is 20.3 Å². The van der Waals surface area contributed by atoms with Crippen molar-refractivity contribution in [3.63, 3.8) is 0 Å². The van der Waals surface area contributed by atoms with Crippen LogP contribution < -0.4 is 0 Å². The Kier molecular flexibility index (Phi) is 7.64. The average Bonchev–Trinajstić information content (AvgIpc) is 2.23. The highest BCUT2D eigenvalue weighted by atomic mass is 32.7. The van der Waals surface area contributed by atoms with E-state index in [1.165, 1.54) is 18.0 Å². The zero-order chi connectivity index (χ0) is 14.3. The number of esters is 1. The third-order valence-corrected chi connectivity index (χ3v) is 7.33. The first-order valence-corrected chi connectivity index (χ1v) is 9.49. The van der Waals surface area contributed by atoms with E-state index in [9.17, 15) is 14.2 Å². The maximum atomic E-state index is 12.4. The summed E-state index contributed by atoms with van der Waals surface area (Å²) in [6.07, 6.45) is 1.06. The lowest BCUT2D eigenvalue weighted by Gasteiger charge is -2.26. The zero-order valence-electron chi connectivity index (χ0n) is 11.6. The van der Waals surface area contributed by atoms with E-state index in [0.717, 1.165) is 11.1 Å². The molecule has 0 spiro atoms. The molecule has 0 aliphatic carbocycles. The van der Waals surface area contributed by atoms with Crippen molar-refractivity contribution >= 4 is 30.3 Å². The molecule has 1 amide bonds. The Balaban J connectivity index is 4.61. The van der Waals surface area contributed by atoms with Crippen LogP contribution in [0.25, 0.3) is 0 Å². The highest BCUT2D eigenvalue weighted by Crippen LogP contribution is 2.59. The van der Waals surface area contributed by atoms with Gasteiger partial charge < -0.3 is 4.74 Å². The van der Waals surface area contributed by atoms with Crippen LogP contribution in [0.2, 0.25) is 0 Å². The molecule has 0 aromatic carbocycles. The molecule has 0 radical (unpaired) electrons. The normalized spacial score (nSPS) is 15.9. The Labute approximate surface area is 113 Å². The van der Waals surface area contributed by atoms with E-state index in [-0.39, 0.29) is 17.9 Å². The number of ether oxygens (including phenoxy) is 1. The second-order valence-electron chi connectivity index (χ2n) is 4.37. The predicted octanol–water partition coefficient (Wildman–Crippen LogP) is 2.75. The summed E-state index contributed by atoms with van der Waals surface area (Å²) in [5, 5.41) is 0.171. The van der Waals surface area contributed by atoms with Crippen LogP contribution in [0.4, 0.5) is 0 Å². The molecule has 0 aliphatic heterocycles. The molecule has 0 heterocycles. The van der Waals surface area contributed by atoms with Crippen LogP contribution in [0, 0.1) is 0 Å². The third kappa shape index (κ3) is 6.45. The molecule has 0 aromatic heterocycles. The van der Waals surface area contributed by atoms with Gasteiger partial charge in [-0.25, -0.2) is 0 Å². The number of hydrogen-bond acceptors (Lipinski definition) is 5. The van der Waals surface area contributed by atoms with Gasteiger partial charge in [0.05, 0.1) is 6.10 Å². The number of amides is 1. The minimum Gasteiger partial charge on any atom is -0.462 e. The lowest BCUT2D eigenvalue weighted by Crippen LogP contribution is -2.28. The molecular formula is C11H22NO4PS. The van der Waals surface area contributed by atoms with Crippen LogP contribution in [-0.4, -0.2) is 41.6 Å². The van der Waals surface area contributed by atoms with E-state index in [2.05, 4.69) is 0 Å². The SMILES string of the molecule is CCC(C)SP(C)(=O)N(C=O)CC(=O)OC(C)C. The average molecular weight is 295 g/mol. The van der Waals surface area contributed by atoms with Crippen molar-refractivity contribution in [1.29, 1.82) is 0 Å². The molecule has 2 atom stereocenters. The molecule has 0 saturated heterocycles. The summed E-state index contributed by atoms with van der Waals surface area (Å²) in [7, 11) is 0. The molecule has 0 N–H and O–H groups in total. The minimum atomic E-state index is -2.89. The van der Waals surface area contributed by atoms with Crippen molar-refractivity contribution < 1.29 is 18.9 Å². The summed E-state index contributed by atoms with van der Waals surface area (Å²) >= 11 is 1.24. The molecule has 0 bridgehead atoms. The van der Waals surface area contributed by atoms with Crippen LogP contribution >= 0.6 is 17.9 Å². The maximum Gasteiger partial charge on any atom is 0.326 e. The summed E-state index contributed by atoms with van der Waals surface area (Å²) in [4.78, 5) is 22.4. The summed E-state index contributed by atoms with van der Waals surface area (Å²) in [5.74, 6) is -0.538. The fourth-order valence-corrected chi connectivity index (χ4v) is 5.74. The highest BCUT2D eigenvalue weighted by molar-refractivity contribution is 8.57. The van der Waals surface area contributed by atoms with E-state index in [4.69, 9.17) is 4.74 Å². The highest BCUT2D eigenvalue weighted by Gasteiger charge is 2.29. The van der Waals surface area contributed by atoms with Gasteiger partial charge in [0.25, 0.3) is 0 Å². The van der Waals surface area contributed by atoms with E-state index in [0.29, 0.717) is 6.41 Å². The van der Waals surface area contributed by atoms with Gasteiger partial charge in [-0.15, -0.1) is 0 Å². The monoisotopic (exact) mass is 295 g/mol. The number of rotatable bonds is 8. The van der Waals surface area contributed by atoms with Gasteiger partial charge in [-0.3, -0.25) is 18.8 Å². The number of nitrogens with zero attached hydrogens (tertiary/aromatic N) is 1. The Hall–Kier alpha value is -0.480. The molecule has 18 heavy (non-hydrogen) atoms. The number of carbonyl (C=O) groups excluding carboxylic acids is 2. The van der Waals surface area contributed by atoms with Crippen molar-refractivity contribution in [2.75, 3.05) is 13.2 Å². The molecule has 2 unspecified atom stereocenters. The Morgan fingerprint density at radius 2 is 2.00 bits per heavy atom. The molecule has 7 heteroatoms. The van der Waals surface area contributed by atoms with Crippen molar-refractivity contribution in [3.8, 4) is 0 Å². The van der Waals surface area contributed by atoms with Gasteiger partial charge in [0.15, 0.2) is 0 Å². The first kappa shape index (κ1) is 17.5. The largest absolute Gasteiger partial charge is 0.462 e. The fourth-order valence-electron chi connectivity index (χ4n) is 1.15. The van der Waals surface area contributed by atoms with Crippen LogP contribution in [0.1, 0.15) is 34.1 Å². The Morgan fingerprint density at radius 1 is 1.44 bits per heavy atom. The Bertz CT molecular complexity index is 335. The Morgan fingerprint density at radius 3 is 2.39 bits per heavy atom. The van der Waals surface area contributed by atoms with E-state index in [1.807, 2.05) is 13.8 Å². The smallest absolute Gasteiger partial charge is 0.326 e. The van der Waals surface area contributed by atoms with Gasteiger partial charge in [0.1, 0.15) is 6.54 Å². The molecule has 106 valence electrons. The first-order valence-electron chi connectivity index (χ1n) is 5.90. The zero-order valence-corrected chi connectivity index (χ0v) is 13.3. The van der Waals surface area contributed by atoms with Crippen LogP contribution in [0.15, 0.2) is 0 Å². The van der Waals surface area contributed by atoms with Gasteiger partial charge >= 0.3 is 5.97 Å². The fraction of sp³-hybridized carbons (Fsp3) is 0.818. The second kappa shape index (κ2) is 7.85. The van der Waals surface area contributed by atoms with Gasteiger partial charge in [0.2, 0.25) is 12.9 Å². The summed E-state index contributed by atoms with van der Waals surface area (Å²) < 4.78 is 18.4. The minimum absolute atomic E-state index is 0.171. The number of hydrogen-bond donors (Lipinski definition) is 0. The maximum absolute atomic E-state index is 12.4. The molecule has 0 saturated carbocycles. The molecule has 0 aromatic rings. The molecule has 0 rings (SSSR count). The van der Waals surface area contributed by atoms with Crippen molar-refractivity contribution in [3.05, 3.63) is 0 Å². The molecule has 5 nitrogen and oxygen atoms in total. The van der Waals surface area contributed by atoms with Gasteiger partial charge in [0, 0.05) is 11.9 Å². The molecular weight excluding hydrogens is 273 g/mol. The van der Waals surface area contributed by atoms with Gasteiger partial charge in [-0.1, -0.05) is 25.2 Å². The lowest BCUT2D eigenvalue weighted by atomic mass is 10.4. The molecule has 0 aliphatic rings. The third-order valence-electron chi connectivity index (χ3n) is 2.20. The van der Waals surface area contributed by atoms with Crippen molar-refractivity contribution in [2.45, 2.75) is 45.5 Å². The second-order valence-corrected chi connectivity index (χ2v) is 10.2. The lowest BCUT2D eigenvalue weighted by molar-refractivity contribution is -0.148. The summed E-state index contributed by atoms with van der Waals surface area (Å²) in [5.41, 5.74) is 0. The number of carbonyl (C=O) groups is 2. The topological polar surface area (TPSA) is 63.7 Å². The van der Waals surface area contributed by atoms with Crippen molar-refractivity contribution in [1.82, 2.24) is 4.67 Å². The van der Waals surface area contributed by atoms with Crippen LogP contribution in [0.5, 0.6) is 0 Å². The van der Waals surface area contributed by atoms with Crippen LogP contribution in [-0.2, 0) is 18.9 Å². The quantitative estimate of drug-likeness (QED) is 0.391. The van der Waals surface area contributed by atoms with E-state index >= 15 is 0 Å². The first-order chi connectivity index (χ1) is 8.22. The van der Waals surface area contributed by atoms with Crippen LogP contribution in [0.3, 0.4) is 0 Å². The summed E-state index contributed by atoms with van der Waals surface area (Å²) in [6, 6.07) is 0. The summed E-state index contributed by atoms with van der Waals surface area (Å²) in [6.45, 7) is 5.72. The molecule has 0 fully saturated rings. The van der Waals surface area contributed by atoms with Crippen molar-refractivity contribution in [2.24, 2.45) is 0 Å². The van der Waals surface area contributed by atoms with Gasteiger partial charge in [-0.2, -0.15) is 0 Å².